The van der Waals surface area contributed by atoms with Gasteiger partial charge in [0.15, 0.2) is 0 Å². The van der Waals surface area contributed by atoms with E-state index >= 15 is 0 Å². The molecule has 0 bridgehead atoms. The monoisotopic (exact) mass is 217 g/mol. The van der Waals surface area contributed by atoms with Crippen LogP contribution < -0.4 is 0 Å². The molecule has 2 aliphatic rings. The largest absolute Gasteiger partial charge is 0.365 e. The third kappa shape index (κ3) is 1.52. The number of piperidine rings is 1. The van der Waals surface area contributed by atoms with E-state index in [1.807, 2.05) is 13.8 Å². The van der Waals surface area contributed by atoms with Gasteiger partial charge in [-0.1, -0.05) is 27.7 Å². The van der Waals surface area contributed by atoms with E-state index < -0.39 is 0 Å². The standard InChI is InChI=1S/C9H18NOP.C2H6/c1-8-5-10(3)6-9(8,2)7(8)4-11-12;1-2/h7H,4-6,12H2,1-3H3;1-2H3/t7?,8-,9+;. The van der Waals surface area contributed by atoms with Crippen LogP contribution in [-0.2, 0) is 4.52 Å². The molecular formula is C11H24NOP. The summed E-state index contributed by atoms with van der Waals surface area (Å²) in [6.07, 6.45) is 0. The molecule has 0 aromatic carbocycles. The summed E-state index contributed by atoms with van der Waals surface area (Å²) in [7, 11) is 4.57. The lowest BCUT2D eigenvalue weighted by molar-refractivity contribution is 0.240. The summed E-state index contributed by atoms with van der Waals surface area (Å²) in [6.45, 7) is 12.2. The quantitative estimate of drug-likeness (QED) is 0.659. The minimum absolute atomic E-state index is 0.526. The molecule has 2 rings (SSSR count). The van der Waals surface area contributed by atoms with Gasteiger partial charge in [0.2, 0.25) is 0 Å². The van der Waals surface area contributed by atoms with Crippen molar-refractivity contribution in [1.82, 2.24) is 4.90 Å². The molecule has 0 spiro atoms. The van der Waals surface area contributed by atoms with Crippen LogP contribution in [0.4, 0.5) is 0 Å². The van der Waals surface area contributed by atoms with Gasteiger partial charge in [0.25, 0.3) is 0 Å². The van der Waals surface area contributed by atoms with E-state index in [0.717, 1.165) is 12.5 Å². The van der Waals surface area contributed by atoms with Crippen LogP contribution in [0.2, 0.25) is 0 Å². The minimum Gasteiger partial charge on any atom is -0.365 e. The molecule has 1 aliphatic heterocycles. The lowest BCUT2D eigenvalue weighted by Crippen LogP contribution is -2.24. The molecular weight excluding hydrogens is 193 g/mol. The molecule has 2 fully saturated rings. The fraction of sp³-hybridized carbons (Fsp3) is 1.00. The molecule has 4 atom stereocenters. The van der Waals surface area contributed by atoms with Gasteiger partial charge < -0.3 is 9.42 Å². The zero-order chi connectivity index (χ0) is 11.0. The molecule has 0 radical (unpaired) electrons. The zero-order valence-electron chi connectivity index (χ0n) is 10.1. The van der Waals surface area contributed by atoms with Crippen LogP contribution >= 0.6 is 9.47 Å². The number of likely N-dealkylation sites (tertiary alicyclic amines) is 1. The van der Waals surface area contributed by atoms with Crippen LogP contribution in [0.25, 0.3) is 0 Å². The molecule has 0 amide bonds. The van der Waals surface area contributed by atoms with Gasteiger partial charge in [-0.15, -0.1) is 0 Å². The molecule has 2 unspecified atom stereocenters. The highest BCUT2D eigenvalue weighted by atomic mass is 31.0. The van der Waals surface area contributed by atoms with Crippen molar-refractivity contribution in [2.24, 2.45) is 16.7 Å². The second-order valence-electron chi connectivity index (χ2n) is 4.89. The van der Waals surface area contributed by atoms with Crippen LogP contribution in [0.5, 0.6) is 0 Å². The number of rotatable bonds is 2. The molecule has 84 valence electrons. The first-order chi connectivity index (χ1) is 6.54. The summed E-state index contributed by atoms with van der Waals surface area (Å²) in [6, 6.07) is 0. The predicted molar refractivity (Wildman–Crippen MR) is 64.2 cm³/mol. The van der Waals surface area contributed by atoms with Crippen molar-refractivity contribution in [1.29, 1.82) is 0 Å². The first-order valence-electron chi connectivity index (χ1n) is 5.55. The normalized spacial score (nSPS) is 45.4. The number of hydrogen-bond acceptors (Lipinski definition) is 2. The summed E-state index contributed by atoms with van der Waals surface area (Å²) in [5, 5.41) is 0. The fourth-order valence-corrected chi connectivity index (χ4v) is 3.49. The highest BCUT2D eigenvalue weighted by Crippen LogP contribution is 2.72. The van der Waals surface area contributed by atoms with Crippen LogP contribution in [0.1, 0.15) is 27.7 Å². The Morgan fingerprint density at radius 1 is 1.29 bits per heavy atom. The number of fused-ring (bicyclic) bond motifs is 1. The number of nitrogens with zero attached hydrogens (tertiary/aromatic N) is 1. The highest BCUT2D eigenvalue weighted by molar-refractivity contribution is 7.09. The summed E-state index contributed by atoms with van der Waals surface area (Å²) < 4.78 is 5.17. The Bertz CT molecular complexity index is 193. The lowest BCUT2D eigenvalue weighted by Gasteiger charge is -2.17. The first-order valence-corrected chi connectivity index (χ1v) is 6.02. The maximum Gasteiger partial charge on any atom is 0.0542 e. The molecule has 0 N–H and O–H groups in total. The fourth-order valence-electron chi connectivity index (χ4n) is 3.30. The van der Waals surface area contributed by atoms with Gasteiger partial charge in [0, 0.05) is 22.6 Å². The van der Waals surface area contributed by atoms with Gasteiger partial charge in [0.05, 0.1) is 6.61 Å². The molecule has 3 heteroatoms. The van der Waals surface area contributed by atoms with Crippen molar-refractivity contribution in [3.63, 3.8) is 0 Å². The highest BCUT2D eigenvalue weighted by Gasteiger charge is 2.73. The molecule has 1 saturated heterocycles. The van der Waals surface area contributed by atoms with Gasteiger partial charge in [-0.2, -0.15) is 0 Å². The van der Waals surface area contributed by atoms with Crippen molar-refractivity contribution in [3.05, 3.63) is 0 Å². The van der Waals surface area contributed by atoms with E-state index in [2.05, 4.69) is 35.3 Å². The summed E-state index contributed by atoms with van der Waals surface area (Å²) in [5.41, 5.74) is 1.05. The van der Waals surface area contributed by atoms with Gasteiger partial charge in [-0.05, 0) is 23.8 Å². The van der Waals surface area contributed by atoms with E-state index in [1.54, 1.807) is 0 Å². The zero-order valence-corrected chi connectivity index (χ0v) is 11.3. The van der Waals surface area contributed by atoms with E-state index in [0.29, 0.717) is 10.8 Å². The minimum atomic E-state index is 0.526. The smallest absolute Gasteiger partial charge is 0.0542 e. The molecule has 0 aromatic heterocycles. The predicted octanol–water partition coefficient (Wildman–Crippen LogP) is 2.41. The molecule has 0 aromatic rings. The van der Waals surface area contributed by atoms with E-state index in [9.17, 15) is 0 Å². The van der Waals surface area contributed by atoms with Gasteiger partial charge >= 0.3 is 0 Å². The van der Waals surface area contributed by atoms with Crippen LogP contribution in [0.15, 0.2) is 0 Å². The van der Waals surface area contributed by atoms with Crippen molar-refractivity contribution in [3.8, 4) is 0 Å². The third-order valence-electron chi connectivity index (χ3n) is 4.22. The Hall–Kier alpha value is 0.350. The Balaban J connectivity index is 0.000000461. The van der Waals surface area contributed by atoms with Crippen LogP contribution in [0, 0.1) is 16.7 Å². The summed E-state index contributed by atoms with van der Waals surface area (Å²) in [5.74, 6) is 0.777. The third-order valence-corrected chi connectivity index (χ3v) is 4.41. The van der Waals surface area contributed by atoms with Crippen molar-refractivity contribution in [2.75, 3.05) is 26.7 Å². The van der Waals surface area contributed by atoms with Gasteiger partial charge in [-0.25, -0.2) is 0 Å². The maximum atomic E-state index is 5.17. The van der Waals surface area contributed by atoms with Gasteiger partial charge in [-0.3, -0.25) is 0 Å². The van der Waals surface area contributed by atoms with Gasteiger partial charge in [0.1, 0.15) is 0 Å². The maximum absolute atomic E-state index is 5.17. The SMILES string of the molecule is CC.CN1C[C@@]2(C)C(COP)[C@@]2(C)C1. The van der Waals surface area contributed by atoms with Crippen molar-refractivity contribution < 1.29 is 4.52 Å². The average Bonchev–Trinajstić information content (AvgIpc) is 2.45. The second-order valence-corrected chi connectivity index (χ2v) is 5.23. The summed E-state index contributed by atoms with van der Waals surface area (Å²) >= 11 is 0. The molecule has 14 heavy (non-hydrogen) atoms. The van der Waals surface area contributed by atoms with Crippen molar-refractivity contribution >= 4 is 9.47 Å². The average molecular weight is 217 g/mol. The Morgan fingerprint density at radius 2 is 1.71 bits per heavy atom. The second kappa shape index (κ2) is 4.08. The first kappa shape index (κ1) is 12.4. The Morgan fingerprint density at radius 3 is 2.07 bits per heavy atom. The molecule has 2 nitrogen and oxygen atoms in total. The topological polar surface area (TPSA) is 12.5 Å². The molecule has 1 aliphatic carbocycles. The van der Waals surface area contributed by atoms with Crippen LogP contribution in [0.3, 0.4) is 0 Å². The summed E-state index contributed by atoms with van der Waals surface area (Å²) in [4.78, 5) is 2.43. The van der Waals surface area contributed by atoms with Crippen LogP contribution in [-0.4, -0.2) is 31.6 Å². The van der Waals surface area contributed by atoms with E-state index in [1.165, 1.54) is 13.1 Å². The number of hydrogen-bond donors (Lipinski definition) is 0. The Labute approximate surface area is 90.7 Å². The lowest BCUT2D eigenvalue weighted by atomic mass is 10.0. The molecule has 1 saturated carbocycles. The van der Waals surface area contributed by atoms with Crippen molar-refractivity contribution in [2.45, 2.75) is 27.7 Å². The van der Waals surface area contributed by atoms with E-state index in [4.69, 9.17) is 4.52 Å². The molecule has 1 heterocycles. The Kier molecular flexibility index (Phi) is 3.62. The van der Waals surface area contributed by atoms with E-state index in [-0.39, 0.29) is 0 Å².